The van der Waals surface area contributed by atoms with Gasteiger partial charge in [-0.05, 0) is 52.4 Å². The quantitative estimate of drug-likeness (QED) is 0.662. The van der Waals surface area contributed by atoms with Crippen LogP contribution in [0.5, 0.6) is 0 Å². The van der Waals surface area contributed by atoms with Gasteiger partial charge in [0, 0.05) is 0 Å². The maximum Gasteiger partial charge on any atom is 0.163 e. The van der Waals surface area contributed by atoms with Gasteiger partial charge in [-0.1, -0.05) is 11.6 Å². The van der Waals surface area contributed by atoms with E-state index >= 15 is 0 Å². The van der Waals surface area contributed by atoms with Crippen LogP contribution in [0.3, 0.4) is 0 Å². The second-order valence-corrected chi connectivity index (χ2v) is 5.10. The van der Waals surface area contributed by atoms with Crippen molar-refractivity contribution >= 4 is 0 Å². The molecule has 0 saturated carbocycles. The highest BCUT2D eigenvalue weighted by Gasteiger charge is 2.31. The Morgan fingerprint density at radius 1 is 1.47 bits per heavy atom. The molecule has 0 N–H and O–H groups in total. The molecule has 0 aromatic carbocycles. The summed E-state index contributed by atoms with van der Waals surface area (Å²) in [6.45, 7) is 4.76. The van der Waals surface area contributed by atoms with Crippen LogP contribution >= 0.6 is 0 Å². The van der Waals surface area contributed by atoms with Gasteiger partial charge in [-0.3, -0.25) is 0 Å². The monoisotopic (exact) mass is 210 g/mol. The number of hydrogen-bond acceptors (Lipinski definition) is 2. The summed E-state index contributed by atoms with van der Waals surface area (Å²) >= 11 is 0. The van der Waals surface area contributed by atoms with Crippen LogP contribution in [0.25, 0.3) is 0 Å². The molecule has 1 aliphatic carbocycles. The third-order valence-electron chi connectivity index (χ3n) is 3.23. The van der Waals surface area contributed by atoms with E-state index in [9.17, 15) is 0 Å². The van der Waals surface area contributed by atoms with Gasteiger partial charge in [0.1, 0.15) is 0 Å². The summed E-state index contributed by atoms with van der Waals surface area (Å²) in [6, 6.07) is 0. The van der Waals surface area contributed by atoms with Crippen molar-refractivity contribution in [2.45, 2.75) is 64.3 Å². The molecule has 2 rings (SSSR count). The van der Waals surface area contributed by atoms with Gasteiger partial charge in [-0.2, -0.15) is 0 Å². The lowest BCUT2D eigenvalue weighted by Gasteiger charge is -2.17. The van der Waals surface area contributed by atoms with Crippen molar-refractivity contribution in [1.82, 2.24) is 0 Å². The zero-order valence-electron chi connectivity index (χ0n) is 9.92. The normalized spacial score (nSPS) is 29.5. The zero-order chi connectivity index (χ0) is 10.7. The van der Waals surface area contributed by atoms with E-state index in [2.05, 4.69) is 6.08 Å². The molecule has 0 aromatic rings. The maximum atomic E-state index is 5.77. The summed E-state index contributed by atoms with van der Waals surface area (Å²) in [5, 5.41) is 0. The predicted octanol–water partition coefficient (Wildman–Crippen LogP) is 3.42. The first-order chi connectivity index (χ1) is 7.16. The molecule has 2 heteroatoms. The molecule has 1 unspecified atom stereocenters. The van der Waals surface area contributed by atoms with Gasteiger partial charge in [0.2, 0.25) is 0 Å². The molecule has 15 heavy (non-hydrogen) atoms. The van der Waals surface area contributed by atoms with E-state index in [-0.39, 0.29) is 5.79 Å². The number of ether oxygens (including phenoxy) is 2. The molecule has 1 saturated heterocycles. The summed E-state index contributed by atoms with van der Waals surface area (Å²) < 4.78 is 11.3. The number of allylic oxidation sites excluding steroid dienone is 2. The smallest absolute Gasteiger partial charge is 0.163 e. The highest BCUT2D eigenvalue weighted by molar-refractivity contribution is 5.07. The fourth-order valence-corrected chi connectivity index (χ4v) is 2.43. The largest absolute Gasteiger partial charge is 0.348 e. The summed E-state index contributed by atoms with van der Waals surface area (Å²) in [7, 11) is 0. The molecule has 2 nitrogen and oxygen atoms in total. The van der Waals surface area contributed by atoms with Crippen molar-refractivity contribution in [3.8, 4) is 0 Å². The van der Waals surface area contributed by atoms with E-state index in [1.54, 1.807) is 5.57 Å². The van der Waals surface area contributed by atoms with Crippen molar-refractivity contribution in [1.29, 1.82) is 0 Å². The molecule has 1 atom stereocenters. The average Bonchev–Trinajstić information content (AvgIpc) is 2.76. The second-order valence-electron chi connectivity index (χ2n) is 5.10. The molecule has 1 heterocycles. The fraction of sp³-hybridized carbons (Fsp3) is 0.846. The summed E-state index contributed by atoms with van der Waals surface area (Å²) in [5.74, 6) is -0.350. The molecule has 86 valence electrons. The van der Waals surface area contributed by atoms with Gasteiger partial charge < -0.3 is 9.47 Å². The minimum absolute atomic E-state index is 0.321. The molecule has 0 spiro atoms. The Labute approximate surface area is 92.6 Å². The Bertz CT molecular complexity index is 243. The minimum Gasteiger partial charge on any atom is -0.348 e. The topological polar surface area (TPSA) is 18.5 Å². The predicted molar refractivity (Wildman–Crippen MR) is 60.7 cm³/mol. The Morgan fingerprint density at radius 3 is 2.93 bits per heavy atom. The molecule has 1 aliphatic heterocycles. The third-order valence-corrected chi connectivity index (χ3v) is 3.23. The van der Waals surface area contributed by atoms with Crippen LogP contribution in [-0.4, -0.2) is 18.5 Å². The standard InChI is InChI=1S/C13H22O2/c1-13(2)14-10-12(15-13)9-5-8-11-6-3-4-7-11/h6,12H,3-5,7-10H2,1-2H3. The van der Waals surface area contributed by atoms with Crippen molar-refractivity contribution in [2.24, 2.45) is 0 Å². The van der Waals surface area contributed by atoms with Crippen LogP contribution in [0.15, 0.2) is 11.6 Å². The number of hydrogen-bond donors (Lipinski definition) is 0. The van der Waals surface area contributed by atoms with Gasteiger partial charge in [-0.25, -0.2) is 0 Å². The molecular formula is C13H22O2. The van der Waals surface area contributed by atoms with Crippen LogP contribution in [0, 0.1) is 0 Å². The van der Waals surface area contributed by atoms with Crippen LogP contribution < -0.4 is 0 Å². The third kappa shape index (κ3) is 3.32. The lowest BCUT2D eigenvalue weighted by atomic mass is 10.1. The summed E-state index contributed by atoms with van der Waals surface area (Å²) in [4.78, 5) is 0. The SMILES string of the molecule is CC1(C)OCC(CCCC2=CCCC2)O1. The maximum absolute atomic E-state index is 5.77. The van der Waals surface area contributed by atoms with Crippen LogP contribution in [0.1, 0.15) is 52.4 Å². The Kier molecular flexibility index (Phi) is 3.47. The first-order valence-corrected chi connectivity index (χ1v) is 6.15. The highest BCUT2D eigenvalue weighted by Crippen LogP contribution is 2.27. The van der Waals surface area contributed by atoms with Crippen LogP contribution in [0.4, 0.5) is 0 Å². The molecule has 0 bridgehead atoms. The van der Waals surface area contributed by atoms with Gasteiger partial charge >= 0.3 is 0 Å². The van der Waals surface area contributed by atoms with Crippen molar-refractivity contribution in [3.63, 3.8) is 0 Å². The van der Waals surface area contributed by atoms with Gasteiger partial charge in [0.05, 0.1) is 12.7 Å². The zero-order valence-corrected chi connectivity index (χ0v) is 9.92. The molecular weight excluding hydrogens is 188 g/mol. The van der Waals surface area contributed by atoms with E-state index in [1.807, 2.05) is 13.8 Å². The van der Waals surface area contributed by atoms with E-state index in [4.69, 9.17) is 9.47 Å². The highest BCUT2D eigenvalue weighted by atomic mass is 16.7. The van der Waals surface area contributed by atoms with E-state index in [0.29, 0.717) is 6.10 Å². The van der Waals surface area contributed by atoms with E-state index in [1.165, 1.54) is 32.1 Å². The lowest BCUT2D eigenvalue weighted by molar-refractivity contribution is -0.139. The van der Waals surface area contributed by atoms with Crippen LogP contribution in [0.2, 0.25) is 0 Å². The van der Waals surface area contributed by atoms with Crippen molar-refractivity contribution in [3.05, 3.63) is 11.6 Å². The van der Waals surface area contributed by atoms with E-state index in [0.717, 1.165) is 13.0 Å². The Balaban J connectivity index is 1.62. The second kappa shape index (κ2) is 4.67. The first kappa shape index (κ1) is 11.2. The summed E-state index contributed by atoms with van der Waals surface area (Å²) in [5.41, 5.74) is 1.66. The van der Waals surface area contributed by atoms with Gasteiger partial charge in [0.15, 0.2) is 5.79 Å². The van der Waals surface area contributed by atoms with Crippen LogP contribution in [-0.2, 0) is 9.47 Å². The Hall–Kier alpha value is -0.340. The molecule has 0 amide bonds. The Morgan fingerprint density at radius 2 is 2.33 bits per heavy atom. The molecule has 0 radical (unpaired) electrons. The van der Waals surface area contributed by atoms with Gasteiger partial charge in [-0.15, -0.1) is 0 Å². The number of rotatable bonds is 4. The van der Waals surface area contributed by atoms with Crippen molar-refractivity contribution < 1.29 is 9.47 Å². The molecule has 0 aromatic heterocycles. The van der Waals surface area contributed by atoms with Gasteiger partial charge in [0.25, 0.3) is 0 Å². The fourth-order valence-electron chi connectivity index (χ4n) is 2.43. The van der Waals surface area contributed by atoms with E-state index < -0.39 is 0 Å². The first-order valence-electron chi connectivity index (χ1n) is 6.15. The molecule has 1 fully saturated rings. The lowest BCUT2D eigenvalue weighted by Crippen LogP contribution is -2.21. The molecule has 2 aliphatic rings. The van der Waals surface area contributed by atoms with Crippen molar-refractivity contribution in [2.75, 3.05) is 6.61 Å². The minimum atomic E-state index is -0.350. The summed E-state index contributed by atoms with van der Waals surface area (Å²) in [6.07, 6.45) is 10.4. The average molecular weight is 210 g/mol.